The van der Waals surface area contributed by atoms with E-state index in [1.54, 1.807) is 0 Å². The predicted molar refractivity (Wildman–Crippen MR) is 66.8 cm³/mol. The van der Waals surface area contributed by atoms with Gasteiger partial charge in [0.1, 0.15) is 0 Å². The van der Waals surface area contributed by atoms with Gasteiger partial charge in [-0.05, 0) is 36.6 Å². The Morgan fingerprint density at radius 2 is 2.06 bits per heavy atom. The summed E-state index contributed by atoms with van der Waals surface area (Å²) >= 11 is 0. The molecule has 1 aromatic carbocycles. The van der Waals surface area contributed by atoms with Crippen molar-refractivity contribution >= 4 is 11.6 Å². The second kappa shape index (κ2) is 4.37. The number of nitrogens with one attached hydrogen (secondary N) is 2. The number of benzene rings is 1. The van der Waals surface area contributed by atoms with Crippen LogP contribution in [0.3, 0.4) is 0 Å². The van der Waals surface area contributed by atoms with Crippen molar-refractivity contribution in [1.82, 2.24) is 10.7 Å². The monoisotopic (exact) mass is 231 g/mol. The van der Waals surface area contributed by atoms with E-state index in [1.807, 2.05) is 5.01 Å². The number of rotatable bonds is 2. The number of carbonyl (C=O) groups is 1. The summed E-state index contributed by atoms with van der Waals surface area (Å²) in [5.74, 6) is 0.756. The van der Waals surface area contributed by atoms with E-state index in [1.165, 1.54) is 12.0 Å². The maximum atomic E-state index is 11.1. The molecule has 1 amide bonds. The Kier molecular flexibility index (Phi) is 2.73. The summed E-state index contributed by atoms with van der Waals surface area (Å²) in [7, 11) is 0. The van der Waals surface area contributed by atoms with Gasteiger partial charge in [0.15, 0.2) is 0 Å². The average Bonchev–Trinajstić information content (AvgIpc) is 3.00. The molecule has 2 saturated heterocycles. The largest absolute Gasteiger partial charge is 0.316 e. The van der Waals surface area contributed by atoms with Gasteiger partial charge in [-0.25, -0.2) is 0 Å². The zero-order valence-electron chi connectivity index (χ0n) is 9.78. The number of nitrogens with zero attached hydrogens (tertiary/aromatic N) is 1. The topological polar surface area (TPSA) is 44.4 Å². The third-order valence-corrected chi connectivity index (χ3v) is 3.56. The van der Waals surface area contributed by atoms with Crippen molar-refractivity contribution in [2.24, 2.45) is 0 Å². The van der Waals surface area contributed by atoms with Crippen molar-refractivity contribution in [2.45, 2.75) is 18.8 Å². The number of carbonyl (C=O) groups excluding carboxylic acids is 1. The molecule has 1 aromatic rings. The fourth-order valence-electron chi connectivity index (χ4n) is 2.53. The molecule has 1 unspecified atom stereocenters. The van der Waals surface area contributed by atoms with Crippen LogP contribution in [-0.4, -0.2) is 25.5 Å². The first-order valence-corrected chi connectivity index (χ1v) is 6.20. The summed E-state index contributed by atoms with van der Waals surface area (Å²) in [5.41, 5.74) is 5.31. The van der Waals surface area contributed by atoms with E-state index in [9.17, 15) is 4.79 Å². The second-order valence-electron chi connectivity index (χ2n) is 4.72. The molecule has 2 fully saturated rings. The molecule has 4 nitrogen and oxygen atoms in total. The minimum atomic E-state index is 0.106. The Morgan fingerprint density at radius 3 is 2.65 bits per heavy atom. The van der Waals surface area contributed by atoms with Crippen LogP contribution in [0.2, 0.25) is 0 Å². The highest BCUT2D eigenvalue weighted by atomic mass is 16.2. The highest BCUT2D eigenvalue weighted by Crippen LogP contribution is 2.25. The van der Waals surface area contributed by atoms with Gasteiger partial charge in [0, 0.05) is 19.5 Å². The summed E-state index contributed by atoms with van der Waals surface area (Å²) < 4.78 is 0. The molecule has 0 aliphatic carbocycles. The highest BCUT2D eigenvalue weighted by Gasteiger charge is 2.20. The first-order chi connectivity index (χ1) is 8.33. The lowest BCUT2D eigenvalue weighted by atomic mass is 9.98. The maximum absolute atomic E-state index is 11.1. The van der Waals surface area contributed by atoms with Crippen molar-refractivity contribution in [1.29, 1.82) is 0 Å². The minimum absolute atomic E-state index is 0.106. The van der Waals surface area contributed by atoms with E-state index < -0.39 is 0 Å². The summed E-state index contributed by atoms with van der Waals surface area (Å²) in [6, 6.07) is 8.55. The van der Waals surface area contributed by atoms with Gasteiger partial charge in [-0.1, -0.05) is 12.1 Å². The third kappa shape index (κ3) is 2.13. The average molecular weight is 231 g/mol. The van der Waals surface area contributed by atoms with Gasteiger partial charge in [0.05, 0.1) is 5.69 Å². The van der Waals surface area contributed by atoms with Crippen molar-refractivity contribution < 1.29 is 4.79 Å². The normalized spacial score (nSPS) is 24.1. The van der Waals surface area contributed by atoms with Crippen molar-refractivity contribution in [3.05, 3.63) is 29.8 Å². The van der Waals surface area contributed by atoms with Gasteiger partial charge in [-0.3, -0.25) is 15.2 Å². The third-order valence-electron chi connectivity index (χ3n) is 3.56. The van der Waals surface area contributed by atoms with Gasteiger partial charge in [0.25, 0.3) is 0 Å². The predicted octanol–water partition coefficient (Wildman–Crippen LogP) is 1.00. The number of hydrogen-bond acceptors (Lipinski definition) is 3. The standard InChI is InChI=1S/C13H17N3O/c17-13-6-8-16(15-13)12-3-1-10(2-4-12)11-5-7-14-9-11/h1-4,11,14H,5-9H2,(H,15,17). The van der Waals surface area contributed by atoms with E-state index in [0.717, 1.165) is 25.3 Å². The first-order valence-electron chi connectivity index (χ1n) is 6.20. The number of anilines is 1. The first kappa shape index (κ1) is 10.6. The van der Waals surface area contributed by atoms with E-state index in [-0.39, 0.29) is 5.91 Å². The van der Waals surface area contributed by atoms with Crippen molar-refractivity contribution in [3.8, 4) is 0 Å². The Hall–Kier alpha value is -1.55. The molecule has 0 saturated carbocycles. The smallest absolute Gasteiger partial charge is 0.240 e. The van der Waals surface area contributed by atoms with Gasteiger partial charge < -0.3 is 5.32 Å². The van der Waals surface area contributed by atoms with Crippen LogP contribution < -0.4 is 15.8 Å². The summed E-state index contributed by atoms with van der Waals surface area (Å²) in [6.07, 6.45) is 1.81. The zero-order valence-corrected chi connectivity index (χ0v) is 9.78. The molecule has 3 rings (SSSR count). The van der Waals surface area contributed by atoms with E-state index in [4.69, 9.17) is 0 Å². The Labute approximate surface area is 101 Å². The fourth-order valence-corrected chi connectivity index (χ4v) is 2.53. The number of amides is 1. The van der Waals surface area contributed by atoms with Crippen LogP contribution in [0, 0.1) is 0 Å². The molecule has 2 aliphatic rings. The van der Waals surface area contributed by atoms with E-state index >= 15 is 0 Å². The van der Waals surface area contributed by atoms with Crippen LogP contribution in [0.5, 0.6) is 0 Å². The summed E-state index contributed by atoms with van der Waals surface area (Å²) in [4.78, 5) is 11.1. The van der Waals surface area contributed by atoms with Crippen LogP contribution >= 0.6 is 0 Å². The molecule has 2 heterocycles. The molecule has 90 valence electrons. The molecule has 2 N–H and O–H groups in total. The van der Waals surface area contributed by atoms with Crippen LogP contribution in [0.15, 0.2) is 24.3 Å². The van der Waals surface area contributed by atoms with Gasteiger partial charge in [-0.2, -0.15) is 0 Å². The van der Waals surface area contributed by atoms with Gasteiger partial charge in [-0.15, -0.1) is 0 Å². The van der Waals surface area contributed by atoms with Gasteiger partial charge >= 0.3 is 0 Å². The molecule has 2 aliphatic heterocycles. The van der Waals surface area contributed by atoms with E-state index in [0.29, 0.717) is 12.3 Å². The SMILES string of the molecule is O=C1CCN(c2ccc(C3CCNC3)cc2)N1. The Bertz CT molecular complexity index is 409. The molecule has 0 bridgehead atoms. The Morgan fingerprint density at radius 1 is 1.24 bits per heavy atom. The number of hydrogen-bond donors (Lipinski definition) is 2. The Balaban J connectivity index is 1.73. The molecule has 0 aromatic heterocycles. The molecule has 4 heteroatoms. The molecule has 1 atom stereocenters. The lowest BCUT2D eigenvalue weighted by Gasteiger charge is -2.18. The quantitative estimate of drug-likeness (QED) is 0.798. The molecule has 17 heavy (non-hydrogen) atoms. The van der Waals surface area contributed by atoms with E-state index in [2.05, 4.69) is 35.0 Å². The minimum Gasteiger partial charge on any atom is -0.316 e. The van der Waals surface area contributed by atoms with Crippen LogP contribution in [0.4, 0.5) is 5.69 Å². The highest BCUT2D eigenvalue weighted by molar-refractivity contribution is 5.81. The second-order valence-corrected chi connectivity index (χ2v) is 4.72. The molecular formula is C13H17N3O. The maximum Gasteiger partial charge on any atom is 0.240 e. The summed E-state index contributed by atoms with van der Waals surface area (Å²) in [6.45, 7) is 2.97. The van der Waals surface area contributed by atoms with Gasteiger partial charge in [0.2, 0.25) is 5.91 Å². The summed E-state index contributed by atoms with van der Waals surface area (Å²) in [5, 5.41) is 5.29. The van der Waals surface area contributed by atoms with Crippen LogP contribution in [-0.2, 0) is 4.79 Å². The van der Waals surface area contributed by atoms with Crippen LogP contribution in [0.1, 0.15) is 24.3 Å². The zero-order chi connectivity index (χ0) is 11.7. The lowest BCUT2D eigenvalue weighted by Crippen LogP contribution is -2.32. The fraction of sp³-hybridized carbons (Fsp3) is 0.462. The number of hydrazine groups is 1. The van der Waals surface area contributed by atoms with Crippen molar-refractivity contribution in [3.63, 3.8) is 0 Å². The van der Waals surface area contributed by atoms with Crippen LogP contribution in [0.25, 0.3) is 0 Å². The molecule has 0 radical (unpaired) electrons. The lowest BCUT2D eigenvalue weighted by molar-refractivity contribution is -0.119. The molecular weight excluding hydrogens is 214 g/mol. The van der Waals surface area contributed by atoms with Crippen molar-refractivity contribution in [2.75, 3.05) is 24.6 Å². The molecule has 0 spiro atoms.